The monoisotopic (exact) mass is 296 g/mol. The van der Waals surface area contributed by atoms with E-state index in [2.05, 4.69) is 14.2 Å². The van der Waals surface area contributed by atoms with E-state index >= 15 is 0 Å². The Balaban J connectivity index is 0.000000360. The summed E-state index contributed by atoms with van der Waals surface area (Å²) >= 11 is 0. The first-order valence-corrected chi connectivity index (χ1v) is 2.40. The average Bonchev–Trinajstić information content (AvgIpc) is 1.86. The third kappa shape index (κ3) is 2.38. The molecule has 2 nitrogen and oxygen atoms in total. The van der Waals surface area contributed by atoms with Gasteiger partial charge in [0.1, 0.15) is 6.61 Å². The maximum atomic E-state index is 4.87. The largest absolute Gasteiger partial charge is 0.476 e. The van der Waals surface area contributed by atoms with Crippen molar-refractivity contribution in [2.24, 2.45) is 4.99 Å². The molecular weight excluding hydrogens is 289 g/mol. The molecule has 0 fully saturated rings. The van der Waals surface area contributed by atoms with Crippen molar-refractivity contribution in [2.75, 3.05) is 13.2 Å². The van der Waals surface area contributed by atoms with E-state index in [1.807, 2.05) is 0 Å². The molecule has 1 atom stereocenters. The van der Waals surface area contributed by atoms with Gasteiger partial charge in [-0.25, -0.2) is 4.99 Å². The van der Waals surface area contributed by atoms with Crippen molar-refractivity contribution in [3.8, 4) is 0 Å². The number of ether oxygens (including phenoxy) is 1. The van der Waals surface area contributed by atoms with Gasteiger partial charge in [-0.15, -0.1) is 0 Å². The SMILES string of the molecule is PC1=NCCO1.[Ir]. The van der Waals surface area contributed by atoms with Crippen LogP contribution in [0.1, 0.15) is 0 Å². The van der Waals surface area contributed by atoms with E-state index in [0.29, 0.717) is 0 Å². The molecule has 4 heteroatoms. The summed E-state index contributed by atoms with van der Waals surface area (Å²) in [4.78, 5) is 3.89. The van der Waals surface area contributed by atoms with Crippen LogP contribution in [0.15, 0.2) is 4.99 Å². The van der Waals surface area contributed by atoms with Crippen LogP contribution < -0.4 is 0 Å². The first kappa shape index (κ1) is 7.55. The first-order chi connectivity index (χ1) is 2.89. The van der Waals surface area contributed by atoms with E-state index in [-0.39, 0.29) is 20.1 Å². The van der Waals surface area contributed by atoms with Gasteiger partial charge in [-0.05, 0) is 9.24 Å². The quantitative estimate of drug-likeness (QED) is 0.587. The molecule has 0 spiro atoms. The number of hydrogen-bond acceptors (Lipinski definition) is 2. The van der Waals surface area contributed by atoms with E-state index in [4.69, 9.17) is 4.74 Å². The molecule has 0 amide bonds. The predicted molar refractivity (Wildman–Crippen MR) is 28.0 cm³/mol. The maximum absolute atomic E-state index is 4.87. The summed E-state index contributed by atoms with van der Waals surface area (Å²) in [5, 5.41) is 0. The van der Waals surface area contributed by atoms with Gasteiger partial charge in [-0.3, -0.25) is 0 Å². The van der Waals surface area contributed by atoms with Crippen LogP contribution in [0.3, 0.4) is 0 Å². The zero-order valence-corrected chi connectivity index (χ0v) is 7.23. The molecule has 0 aromatic rings. The Morgan fingerprint density at radius 3 is 2.57 bits per heavy atom. The van der Waals surface area contributed by atoms with Gasteiger partial charge < -0.3 is 4.74 Å². The second kappa shape index (κ2) is 3.54. The van der Waals surface area contributed by atoms with Crippen molar-refractivity contribution in [1.82, 2.24) is 0 Å². The number of aliphatic imine (C=N–C) groups is 1. The molecule has 0 saturated carbocycles. The van der Waals surface area contributed by atoms with Crippen LogP contribution in [-0.4, -0.2) is 18.8 Å². The van der Waals surface area contributed by atoms with E-state index < -0.39 is 0 Å². The van der Waals surface area contributed by atoms with Crippen LogP contribution in [0.4, 0.5) is 0 Å². The molecule has 1 radical (unpaired) electrons. The van der Waals surface area contributed by atoms with Crippen LogP contribution in [0.5, 0.6) is 0 Å². The van der Waals surface area contributed by atoms with Crippen molar-refractivity contribution < 1.29 is 24.8 Å². The molecule has 0 aromatic heterocycles. The summed E-state index contributed by atoms with van der Waals surface area (Å²) < 4.78 is 4.87. The normalized spacial score (nSPS) is 17.0. The smallest absolute Gasteiger partial charge is 0.199 e. The van der Waals surface area contributed by atoms with Gasteiger partial charge in [0.15, 0.2) is 5.64 Å². The fourth-order valence-electron chi connectivity index (χ4n) is 0.352. The molecule has 1 unspecified atom stereocenters. The molecule has 0 aromatic carbocycles. The molecule has 1 heterocycles. The van der Waals surface area contributed by atoms with Gasteiger partial charge in [-0.1, -0.05) is 0 Å². The van der Waals surface area contributed by atoms with Crippen LogP contribution in [-0.2, 0) is 24.8 Å². The molecule has 0 saturated heterocycles. The van der Waals surface area contributed by atoms with Gasteiger partial charge in [-0.2, -0.15) is 0 Å². The van der Waals surface area contributed by atoms with Crippen LogP contribution in [0, 0.1) is 0 Å². The Hall–Kier alpha value is 0.549. The first-order valence-electron chi connectivity index (χ1n) is 1.82. The fourth-order valence-corrected chi connectivity index (χ4v) is 0.599. The summed E-state index contributed by atoms with van der Waals surface area (Å²) in [6, 6.07) is 0. The Morgan fingerprint density at radius 2 is 2.43 bits per heavy atom. The average molecular weight is 295 g/mol. The summed E-state index contributed by atoms with van der Waals surface area (Å²) in [6.07, 6.45) is 0. The van der Waals surface area contributed by atoms with E-state index in [0.717, 1.165) is 18.8 Å². The van der Waals surface area contributed by atoms with Crippen molar-refractivity contribution in [2.45, 2.75) is 0 Å². The minimum atomic E-state index is 0. The second-order valence-electron chi connectivity index (χ2n) is 1.07. The Labute approximate surface area is 58.3 Å². The van der Waals surface area contributed by atoms with Crippen LogP contribution in [0.25, 0.3) is 0 Å². The van der Waals surface area contributed by atoms with E-state index in [1.54, 1.807) is 0 Å². The fraction of sp³-hybridized carbons (Fsp3) is 0.667. The summed E-state index contributed by atoms with van der Waals surface area (Å²) in [7, 11) is 2.40. The third-order valence-corrected chi connectivity index (χ3v) is 0.958. The van der Waals surface area contributed by atoms with Crippen molar-refractivity contribution in [1.29, 1.82) is 0 Å². The third-order valence-electron chi connectivity index (χ3n) is 0.609. The van der Waals surface area contributed by atoms with Gasteiger partial charge in [0.25, 0.3) is 0 Å². The minimum absolute atomic E-state index is 0. The molecule has 7 heavy (non-hydrogen) atoms. The molecule has 0 N–H and O–H groups in total. The summed E-state index contributed by atoms with van der Waals surface area (Å²) in [5.74, 6) is 0. The minimum Gasteiger partial charge on any atom is -0.476 e. The standard InChI is InChI=1S/C3H6NOP.Ir/c6-3-4-1-2-5-3;/h1-2,6H2;. The molecule has 43 valence electrons. The van der Waals surface area contributed by atoms with Gasteiger partial charge in [0.2, 0.25) is 0 Å². The Morgan fingerprint density at radius 1 is 1.71 bits per heavy atom. The van der Waals surface area contributed by atoms with Crippen LogP contribution >= 0.6 is 9.24 Å². The molecule has 1 aliphatic rings. The maximum Gasteiger partial charge on any atom is 0.199 e. The number of hydrogen-bond donors (Lipinski definition) is 0. The zero-order chi connectivity index (χ0) is 4.41. The van der Waals surface area contributed by atoms with Crippen molar-refractivity contribution in [3.63, 3.8) is 0 Å². The van der Waals surface area contributed by atoms with E-state index in [9.17, 15) is 0 Å². The number of rotatable bonds is 0. The van der Waals surface area contributed by atoms with Crippen LogP contribution in [0.2, 0.25) is 0 Å². The van der Waals surface area contributed by atoms with Crippen molar-refractivity contribution in [3.05, 3.63) is 0 Å². The Bertz CT molecular complexity index is 85.0. The number of nitrogens with zero attached hydrogens (tertiary/aromatic N) is 1. The molecular formula is C3H6IrNOP. The van der Waals surface area contributed by atoms with Gasteiger partial charge in [0.05, 0.1) is 6.54 Å². The molecule has 0 bridgehead atoms. The van der Waals surface area contributed by atoms with E-state index in [1.165, 1.54) is 0 Å². The summed E-state index contributed by atoms with van der Waals surface area (Å²) in [6.45, 7) is 1.59. The second-order valence-corrected chi connectivity index (χ2v) is 1.56. The topological polar surface area (TPSA) is 21.6 Å². The molecule has 0 aliphatic carbocycles. The Kier molecular flexibility index (Phi) is 3.82. The predicted octanol–water partition coefficient (Wildman–Crippen LogP) is 0.245. The van der Waals surface area contributed by atoms with Crippen molar-refractivity contribution >= 4 is 14.9 Å². The van der Waals surface area contributed by atoms with Gasteiger partial charge >= 0.3 is 0 Å². The molecule has 1 rings (SSSR count). The summed E-state index contributed by atoms with van der Waals surface area (Å²) in [5.41, 5.74) is 0.745. The zero-order valence-electron chi connectivity index (χ0n) is 3.68. The van der Waals surface area contributed by atoms with Gasteiger partial charge in [0, 0.05) is 20.1 Å². The molecule has 1 aliphatic heterocycles.